The molecule has 36 heavy (non-hydrogen) atoms. The zero-order valence-corrected chi connectivity index (χ0v) is 19.8. The number of alkyl halides is 3. The van der Waals surface area contributed by atoms with Gasteiger partial charge in [0.2, 0.25) is 0 Å². The zero-order valence-electron chi connectivity index (χ0n) is 19.1. The van der Waals surface area contributed by atoms with Gasteiger partial charge in [-0.05, 0) is 38.1 Å². The first-order valence-corrected chi connectivity index (χ1v) is 11.5. The molecule has 0 radical (unpaired) electrons. The smallest absolute Gasteiger partial charge is 0.417 e. The number of fused-ring (bicyclic) bond motifs is 3. The molecule has 4 aromatic rings. The third-order valence-corrected chi connectivity index (χ3v) is 6.56. The number of pyridine rings is 1. The largest absolute Gasteiger partial charge is 0.491 e. The van der Waals surface area contributed by atoms with Gasteiger partial charge in [0.25, 0.3) is 0 Å². The van der Waals surface area contributed by atoms with Crippen LogP contribution in [0.25, 0.3) is 21.9 Å². The predicted molar refractivity (Wildman–Crippen MR) is 123 cm³/mol. The number of hydrogen-bond donors (Lipinski definition) is 0. The third-order valence-electron chi connectivity index (χ3n) is 6.26. The van der Waals surface area contributed by atoms with Crippen molar-refractivity contribution in [3.8, 4) is 5.75 Å². The first kappa shape index (κ1) is 23.4. The maximum Gasteiger partial charge on any atom is 0.417 e. The quantitative estimate of drug-likeness (QED) is 0.344. The molecule has 0 unspecified atom stereocenters. The van der Waals surface area contributed by atoms with Crippen molar-refractivity contribution in [1.82, 2.24) is 19.5 Å². The molecule has 0 saturated carbocycles. The highest BCUT2D eigenvalue weighted by Crippen LogP contribution is 2.44. The molecule has 0 N–H and O–H groups in total. The molecule has 0 spiro atoms. The number of nitrogens with zero attached hydrogens (tertiary/aromatic N) is 4. The van der Waals surface area contributed by atoms with E-state index >= 15 is 0 Å². The van der Waals surface area contributed by atoms with E-state index < -0.39 is 42.1 Å². The third kappa shape index (κ3) is 4.05. The van der Waals surface area contributed by atoms with Gasteiger partial charge in [-0.3, -0.25) is 4.98 Å². The van der Waals surface area contributed by atoms with Gasteiger partial charge in [-0.1, -0.05) is 11.6 Å². The van der Waals surface area contributed by atoms with Crippen molar-refractivity contribution in [3.05, 3.63) is 59.8 Å². The second-order valence-corrected chi connectivity index (χ2v) is 9.50. The number of aromatic nitrogens is 4. The van der Waals surface area contributed by atoms with Crippen molar-refractivity contribution < 1.29 is 32.1 Å². The second-order valence-electron chi connectivity index (χ2n) is 9.14. The zero-order chi connectivity index (χ0) is 25.2. The summed E-state index contributed by atoms with van der Waals surface area (Å²) in [6.45, 7) is 3.78. The lowest BCUT2D eigenvalue weighted by molar-refractivity contribution is -0.198. The van der Waals surface area contributed by atoms with E-state index in [-0.39, 0.29) is 6.61 Å². The van der Waals surface area contributed by atoms with Crippen molar-refractivity contribution in [3.63, 3.8) is 0 Å². The van der Waals surface area contributed by atoms with Crippen LogP contribution in [0.5, 0.6) is 5.75 Å². The van der Waals surface area contributed by atoms with Gasteiger partial charge in [0.1, 0.15) is 47.8 Å². The maximum absolute atomic E-state index is 13.0. The normalized spacial score (nSPS) is 25.5. The minimum Gasteiger partial charge on any atom is -0.491 e. The van der Waals surface area contributed by atoms with Crippen molar-refractivity contribution in [2.45, 2.75) is 50.4 Å². The Bertz CT molecular complexity index is 1460. The maximum atomic E-state index is 13.0. The minimum atomic E-state index is -4.46. The summed E-state index contributed by atoms with van der Waals surface area (Å²) in [5, 5.41) is 1.39. The lowest BCUT2D eigenvalue weighted by Crippen LogP contribution is -2.33. The Morgan fingerprint density at radius 2 is 1.89 bits per heavy atom. The molecule has 0 amide bonds. The SMILES string of the molecule is CC1(C)O[C@@H]2[C@H](O1)[C@@H](COc1ccc3cc(C(F)(F)F)cnc3c1)O[C@H]2n1ccc2c(Cl)ncnc21. The van der Waals surface area contributed by atoms with Crippen LogP contribution in [0.4, 0.5) is 13.2 Å². The van der Waals surface area contributed by atoms with Gasteiger partial charge >= 0.3 is 6.18 Å². The van der Waals surface area contributed by atoms with Gasteiger partial charge in [-0.25, -0.2) is 9.97 Å². The highest BCUT2D eigenvalue weighted by Gasteiger charge is 2.56. The van der Waals surface area contributed by atoms with E-state index in [1.165, 1.54) is 6.33 Å². The van der Waals surface area contributed by atoms with E-state index in [0.29, 0.717) is 32.8 Å². The molecular weight excluding hydrogens is 501 g/mol. The van der Waals surface area contributed by atoms with Gasteiger partial charge in [-0.15, -0.1) is 0 Å². The van der Waals surface area contributed by atoms with Gasteiger partial charge in [-0.2, -0.15) is 13.2 Å². The summed E-state index contributed by atoms with van der Waals surface area (Å²) in [4.78, 5) is 12.3. The van der Waals surface area contributed by atoms with E-state index in [1.54, 1.807) is 18.2 Å². The molecule has 2 saturated heterocycles. The molecule has 8 nitrogen and oxygen atoms in total. The fourth-order valence-corrected chi connectivity index (χ4v) is 4.88. The molecule has 2 aliphatic heterocycles. The van der Waals surface area contributed by atoms with Crippen molar-refractivity contribution in [1.29, 1.82) is 0 Å². The van der Waals surface area contributed by atoms with Crippen LogP contribution in [0.1, 0.15) is 25.6 Å². The number of ether oxygens (including phenoxy) is 4. The lowest BCUT2D eigenvalue weighted by Gasteiger charge is -2.25. The summed E-state index contributed by atoms with van der Waals surface area (Å²) in [7, 11) is 0. The Morgan fingerprint density at radius 1 is 1.08 bits per heavy atom. The second kappa shape index (κ2) is 8.27. The summed E-state index contributed by atoms with van der Waals surface area (Å²) in [5.74, 6) is -0.378. The van der Waals surface area contributed by atoms with Crippen LogP contribution in [-0.4, -0.2) is 50.2 Å². The molecule has 1 aromatic carbocycles. The number of rotatable bonds is 4. The van der Waals surface area contributed by atoms with Crippen LogP contribution in [0.2, 0.25) is 5.15 Å². The first-order chi connectivity index (χ1) is 17.1. The van der Waals surface area contributed by atoms with E-state index in [0.717, 1.165) is 12.3 Å². The lowest BCUT2D eigenvalue weighted by atomic mass is 10.1. The Kier molecular flexibility index (Phi) is 5.38. The van der Waals surface area contributed by atoms with E-state index in [4.69, 9.17) is 30.5 Å². The highest BCUT2D eigenvalue weighted by atomic mass is 35.5. The summed E-state index contributed by atoms with van der Waals surface area (Å²) in [5.41, 5.74) is 0.193. The highest BCUT2D eigenvalue weighted by molar-refractivity contribution is 6.33. The summed E-state index contributed by atoms with van der Waals surface area (Å²) >= 11 is 6.21. The Hall–Kier alpha value is -2.99. The fourth-order valence-electron chi connectivity index (χ4n) is 4.69. The van der Waals surface area contributed by atoms with Gasteiger partial charge in [0.15, 0.2) is 12.0 Å². The summed E-state index contributed by atoms with van der Waals surface area (Å²) in [6, 6.07) is 7.61. The van der Waals surface area contributed by atoms with Crippen LogP contribution in [0, 0.1) is 0 Å². The first-order valence-electron chi connectivity index (χ1n) is 11.2. The molecule has 0 aliphatic carbocycles. The molecule has 2 aliphatic rings. The average molecular weight is 521 g/mol. The molecular formula is C24H20ClF3N4O4. The molecule has 0 bridgehead atoms. The molecule has 4 atom stereocenters. The monoisotopic (exact) mass is 520 g/mol. The Balaban J connectivity index is 1.24. The standard InChI is InChI=1S/C24H20ClF3N4O4/c1-23(2)35-18-17(10-33-14-4-3-12-7-13(24(26,27)28)9-29-16(12)8-14)34-22(19(18)36-23)32-6-5-15-20(25)30-11-31-21(15)32/h3-9,11,17-19,22H,10H2,1-2H3/t17-,18-,19-,22-/m1/s1. The van der Waals surface area contributed by atoms with Crippen LogP contribution < -0.4 is 4.74 Å². The minimum absolute atomic E-state index is 0.123. The topological polar surface area (TPSA) is 80.5 Å². The average Bonchev–Trinajstić information content (AvgIpc) is 3.48. The fraction of sp³-hybridized carbons (Fsp3) is 0.375. The molecule has 188 valence electrons. The Morgan fingerprint density at radius 3 is 2.69 bits per heavy atom. The van der Waals surface area contributed by atoms with Crippen LogP contribution in [-0.2, 0) is 20.4 Å². The van der Waals surface area contributed by atoms with Crippen LogP contribution in [0.15, 0.2) is 49.1 Å². The van der Waals surface area contributed by atoms with E-state index in [9.17, 15) is 13.2 Å². The van der Waals surface area contributed by atoms with Crippen LogP contribution in [0.3, 0.4) is 0 Å². The summed E-state index contributed by atoms with van der Waals surface area (Å²) < 4.78 is 65.3. The van der Waals surface area contributed by atoms with Gasteiger partial charge in [0.05, 0.1) is 16.5 Å². The van der Waals surface area contributed by atoms with Crippen molar-refractivity contribution >= 4 is 33.5 Å². The van der Waals surface area contributed by atoms with Crippen molar-refractivity contribution in [2.24, 2.45) is 0 Å². The number of benzene rings is 1. The van der Waals surface area contributed by atoms with Gasteiger partial charge < -0.3 is 23.5 Å². The molecule has 6 rings (SSSR count). The van der Waals surface area contributed by atoms with E-state index in [1.807, 2.05) is 30.7 Å². The van der Waals surface area contributed by atoms with E-state index in [2.05, 4.69) is 15.0 Å². The van der Waals surface area contributed by atoms with Crippen molar-refractivity contribution in [2.75, 3.05) is 6.61 Å². The molecule has 2 fully saturated rings. The van der Waals surface area contributed by atoms with Gasteiger partial charge in [0, 0.05) is 23.8 Å². The molecule has 12 heteroatoms. The molecule has 5 heterocycles. The Labute approximate surface area is 207 Å². The van der Waals surface area contributed by atoms with Crippen LogP contribution >= 0.6 is 11.6 Å². The number of halogens is 4. The predicted octanol–water partition coefficient (Wildman–Crippen LogP) is 5.15. The summed E-state index contributed by atoms with van der Waals surface area (Å²) in [6.07, 6.45) is -2.34. The molecule has 3 aromatic heterocycles. The number of hydrogen-bond acceptors (Lipinski definition) is 7.